The first-order chi connectivity index (χ1) is 8.40. The quantitative estimate of drug-likeness (QED) is 0.826. The number of aryl methyl sites for hydroxylation is 2. The van der Waals surface area contributed by atoms with Crippen molar-refractivity contribution in [1.29, 1.82) is 0 Å². The van der Waals surface area contributed by atoms with Gasteiger partial charge in [-0.3, -0.25) is 0 Å². The van der Waals surface area contributed by atoms with Gasteiger partial charge in [0.1, 0.15) is 0 Å². The van der Waals surface area contributed by atoms with E-state index in [-0.39, 0.29) is 5.54 Å². The molecule has 0 amide bonds. The third kappa shape index (κ3) is 2.77. The highest BCUT2D eigenvalue weighted by Crippen LogP contribution is 2.40. The van der Waals surface area contributed by atoms with Crippen molar-refractivity contribution < 1.29 is 0 Å². The van der Waals surface area contributed by atoms with Gasteiger partial charge in [-0.2, -0.15) is 0 Å². The molecular weight excluding hydrogens is 218 g/mol. The SMILES string of the molecule is Cc1cc(C)cc(C2(N)CCC(C(C)C)CC2)c1. The third-order valence-corrected chi connectivity index (χ3v) is 4.66. The van der Waals surface area contributed by atoms with E-state index in [4.69, 9.17) is 5.73 Å². The van der Waals surface area contributed by atoms with E-state index in [9.17, 15) is 0 Å². The Kier molecular flexibility index (Phi) is 3.82. The van der Waals surface area contributed by atoms with Crippen molar-refractivity contribution in [3.05, 3.63) is 34.9 Å². The van der Waals surface area contributed by atoms with Crippen molar-refractivity contribution in [2.24, 2.45) is 17.6 Å². The largest absolute Gasteiger partial charge is 0.321 e. The molecule has 18 heavy (non-hydrogen) atoms. The third-order valence-electron chi connectivity index (χ3n) is 4.66. The summed E-state index contributed by atoms with van der Waals surface area (Å²) in [6.07, 6.45) is 4.83. The molecule has 0 atom stereocenters. The predicted octanol–water partition coefficient (Wildman–Crippen LogP) is 4.30. The van der Waals surface area contributed by atoms with Crippen molar-refractivity contribution in [2.45, 2.75) is 58.9 Å². The molecule has 0 spiro atoms. The molecule has 1 saturated carbocycles. The molecule has 0 heterocycles. The molecule has 100 valence electrons. The van der Waals surface area contributed by atoms with Crippen LogP contribution in [0.15, 0.2) is 18.2 Å². The fourth-order valence-electron chi connectivity index (χ4n) is 3.37. The highest BCUT2D eigenvalue weighted by atomic mass is 14.7. The summed E-state index contributed by atoms with van der Waals surface area (Å²) in [6.45, 7) is 9.01. The Bertz CT molecular complexity index is 391. The van der Waals surface area contributed by atoms with E-state index < -0.39 is 0 Å². The van der Waals surface area contributed by atoms with Crippen LogP contribution >= 0.6 is 0 Å². The zero-order chi connectivity index (χ0) is 13.3. The van der Waals surface area contributed by atoms with E-state index in [1.165, 1.54) is 29.5 Å². The van der Waals surface area contributed by atoms with Gasteiger partial charge in [-0.25, -0.2) is 0 Å². The van der Waals surface area contributed by atoms with Crippen LogP contribution in [-0.2, 0) is 5.54 Å². The number of benzene rings is 1. The van der Waals surface area contributed by atoms with E-state index in [1.807, 2.05) is 0 Å². The molecule has 0 unspecified atom stereocenters. The first-order valence-corrected chi connectivity index (χ1v) is 7.28. The van der Waals surface area contributed by atoms with Crippen LogP contribution in [0.2, 0.25) is 0 Å². The molecule has 2 N–H and O–H groups in total. The van der Waals surface area contributed by atoms with E-state index in [1.54, 1.807) is 0 Å². The zero-order valence-electron chi connectivity index (χ0n) is 12.3. The Morgan fingerprint density at radius 3 is 2.00 bits per heavy atom. The average Bonchev–Trinajstić information content (AvgIpc) is 2.28. The molecule has 1 aromatic carbocycles. The normalized spacial score (nSPS) is 28.7. The lowest BCUT2D eigenvalue weighted by molar-refractivity contribution is 0.196. The van der Waals surface area contributed by atoms with Gasteiger partial charge in [0.2, 0.25) is 0 Å². The van der Waals surface area contributed by atoms with Crippen molar-refractivity contribution in [3.8, 4) is 0 Å². The van der Waals surface area contributed by atoms with Crippen LogP contribution in [0.4, 0.5) is 0 Å². The Morgan fingerprint density at radius 2 is 1.56 bits per heavy atom. The monoisotopic (exact) mass is 245 g/mol. The molecule has 1 fully saturated rings. The van der Waals surface area contributed by atoms with Gasteiger partial charge in [0.15, 0.2) is 0 Å². The standard InChI is InChI=1S/C17H27N/c1-12(2)15-5-7-17(18,8-6-15)16-10-13(3)9-14(4)11-16/h9-12,15H,5-8,18H2,1-4H3. The first kappa shape index (κ1) is 13.6. The molecule has 0 aliphatic heterocycles. The number of hydrogen-bond donors (Lipinski definition) is 1. The van der Waals surface area contributed by atoms with Gasteiger partial charge in [0, 0.05) is 5.54 Å². The molecule has 1 aliphatic carbocycles. The van der Waals surface area contributed by atoms with Crippen molar-refractivity contribution >= 4 is 0 Å². The highest BCUT2D eigenvalue weighted by molar-refractivity contribution is 5.33. The van der Waals surface area contributed by atoms with E-state index >= 15 is 0 Å². The Labute approximate surface area is 112 Å². The zero-order valence-corrected chi connectivity index (χ0v) is 12.3. The van der Waals surface area contributed by atoms with Crippen molar-refractivity contribution in [2.75, 3.05) is 0 Å². The van der Waals surface area contributed by atoms with Crippen LogP contribution < -0.4 is 5.73 Å². The van der Waals surface area contributed by atoms with Gasteiger partial charge in [-0.15, -0.1) is 0 Å². The lowest BCUT2D eigenvalue weighted by atomic mass is 9.70. The van der Waals surface area contributed by atoms with Crippen LogP contribution in [0.3, 0.4) is 0 Å². The fourth-order valence-corrected chi connectivity index (χ4v) is 3.37. The molecule has 0 saturated heterocycles. The Balaban J connectivity index is 2.18. The van der Waals surface area contributed by atoms with E-state index in [2.05, 4.69) is 45.9 Å². The molecular formula is C17H27N. The van der Waals surface area contributed by atoms with Crippen LogP contribution in [0.5, 0.6) is 0 Å². The van der Waals surface area contributed by atoms with Crippen LogP contribution in [0.25, 0.3) is 0 Å². The fraction of sp³-hybridized carbons (Fsp3) is 0.647. The molecule has 2 rings (SSSR count). The lowest BCUT2D eigenvalue weighted by Gasteiger charge is -2.39. The van der Waals surface area contributed by atoms with E-state index in [0.717, 1.165) is 24.7 Å². The lowest BCUT2D eigenvalue weighted by Crippen LogP contribution is -2.41. The second kappa shape index (κ2) is 5.05. The molecule has 0 radical (unpaired) electrons. The first-order valence-electron chi connectivity index (χ1n) is 7.28. The second-order valence-corrected chi connectivity index (χ2v) is 6.61. The second-order valence-electron chi connectivity index (χ2n) is 6.61. The average molecular weight is 245 g/mol. The molecule has 1 aromatic rings. The Morgan fingerprint density at radius 1 is 1.06 bits per heavy atom. The van der Waals surface area contributed by atoms with Crippen LogP contribution in [0, 0.1) is 25.7 Å². The van der Waals surface area contributed by atoms with Crippen molar-refractivity contribution in [1.82, 2.24) is 0 Å². The molecule has 1 heteroatoms. The number of hydrogen-bond acceptors (Lipinski definition) is 1. The van der Waals surface area contributed by atoms with Gasteiger partial charge in [0.05, 0.1) is 0 Å². The highest BCUT2D eigenvalue weighted by Gasteiger charge is 2.34. The Hall–Kier alpha value is -0.820. The molecule has 1 nitrogen and oxygen atoms in total. The minimum atomic E-state index is -0.0812. The summed E-state index contributed by atoms with van der Waals surface area (Å²) in [7, 11) is 0. The van der Waals surface area contributed by atoms with Crippen LogP contribution in [0.1, 0.15) is 56.2 Å². The number of rotatable bonds is 2. The van der Waals surface area contributed by atoms with Gasteiger partial charge in [0.25, 0.3) is 0 Å². The maximum atomic E-state index is 6.68. The summed E-state index contributed by atoms with van der Waals surface area (Å²) in [5.41, 5.74) is 10.6. The summed E-state index contributed by atoms with van der Waals surface area (Å²) in [6, 6.07) is 6.79. The van der Waals surface area contributed by atoms with Gasteiger partial charge in [-0.05, 0) is 56.9 Å². The maximum Gasteiger partial charge on any atom is 0.0410 e. The molecule has 0 aromatic heterocycles. The van der Waals surface area contributed by atoms with Gasteiger partial charge < -0.3 is 5.73 Å². The summed E-state index contributed by atoms with van der Waals surface area (Å²) < 4.78 is 0. The summed E-state index contributed by atoms with van der Waals surface area (Å²) >= 11 is 0. The minimum absolute atomic E-state index is 0.0812. The van der Waals surface area contributed by atoms with Crippen molar-refractivity contribution in [3.63, 3.8) is 0 Å². The summed E-state index contributed by atoms with van der Waals surface area (Å²) in [5, 5.41) is 0. The van der Waals surface area contributed by atoms with Crippen LogP contribution in [-0.4, -0.2) is 0 Å². The van der Waals surface area contributed by atoms with E-state index in [0.29, 0.717) is 0 Å². The summed E-state index contributed by atoms with van der Waals surface area (Å²) in [5.74, 6) is 1.67. The molecule has 1 aliphatic rings. The van der Waals surface area contributed by atoms with Gasteiger partial charge in [-0.1, -0.05) is 43.2 Å². The van der Waals surface area contributed by atoms with Gasteiger partial charge >= 0.3 is 0 Å². The predicted molar refractivity (Wildman–Crippen MR) is 78.6 cm³/mol. The smallest absolute Gasteiger partial charge is 0.0410 e. The number of nitrogens with two attached hydrogens (primary N) is 1. The maximum absolute atomic E-state index is 6.68. The molecule has 0 bridgehead atoms. The summed E-state index contributed by atoms with van der Waals surface area (Å²) in [4.78, 5) is 0. The topological polar surface area (TPSA) is 26.0 Å². The minimum Gasteiger partial charge on any atom is -0.321 e.